The number of aromatic carboxylic acids is 1. The van der Waals surface area contributed by atoms with Crippen LogP contribution in [0.3, 0.4) is 0 Å². The third-order valence-corrected chi connectivity index (χ3v) is 2.58. The van der Waals surface area contributed by atoms with E-state index in [0.717, 1.165) is 0 Å². The zero-order valence-electron chi connectivity index (χ0n) is 10.9. The topological polar surface area (TPSA) is 73.6 Å². The fraction of sp³-hybridized carbons (Fsp3) is 0.231. The fourth-order valence-corrected chi connectivity index (χ4v) is 1.67. The van der Waals surface area contributed by atoms with Crippen LogP contribution >= 0.6 is 12.4 Å². The van der Waals surface area contributed by atoms with Crippen LogP contribution in [0.2, 0.25) is 0 Å². The van der Waals surface area contributed by atoms with Gasteiger partial charge in [-0.25, -0.2) is 9.78 Å². The molecule has 0 aliphatic heterocycles. The average molecular weight is 299 g/mol. The second kappa shape index (κ2) is 7.40. The predicted molar refractivity (Wildman–Crippen MR) is 74.9 cm³/mol. The molecule has 0 unspecified atom stereocenters. The summed E-state index contributed by atoms with van der Waals surface area (Å²) in [6.07, 6.45) is 5.15. The van der Waals surface area contributed by atoms with E-state index in [0.29, 0.717) is 18.9 Å². The van der Waals surface area contributed by atoms with Gasteiger partial charge in [0, 0.05) is 12.4 Å². The van der Waals surface area contributed by atoms with Crippen LogP contribution in [0.15, 0.2) is 36.9 Å². The molecule has 0 aliphatic rings. The molecule has 1 N–H and O–H groups in total. The quantitative estimate of drug-likeness (QED) is 0.884. The minimum absolute atomic E-state index is 0. The highest BCUT2D eigenvalue weighted by Crippen LogP contribution is 2.31. The Hall–Kier alpha value is -2.21. The summed E-state index contributed by atoms with van der Waals surface area (Å²) in [4.78, 5) is 15.0. The maximum absolute atomic E-state index is 11.1. The second-order valence-electron chi connectivity index (χ2n) is 3.79. The van der Waals surface area contributed by atoms with E-state index in [1.54, 1.807) is 24.7 Å². The van der Waals surface area contributed by atoms with Crippen molar-refractivity contribution in [2.24, 2.45) is 0 Å². The number of nitrogens with zero attached hydrogens (tertiary/aromatic N) is 2. The third-order valence-electron chi connectivity index (χ3n) is 2.58. The van der Waals surface area contributed by atoms with E-state index in [4.69, 9.17) is 14.6 Å². The van der Waals surface area contributed by atoms with Crippen molar-refractivity contribution in [1.29, 1.82) is 0 Å². The van der Waals surface area contributed by atoms with Gasteiger partial charge >= 0.3 is 5.97 Å². The van der Waals surface area contributed by atoms with Crippen LogP contribution in [0.25, 0.3) is 0 Å². The minimum atomic E-state index is -1.04. The van der Waals surface area contributed by atoms with Crippen LogP contribution < -0.4 is 9.47 Å². The number of carbonyl (C=O) groups is 1. The first-order valence-electron chi connectivity index (χ1n) is 5.71. The minimum Gasteiger partial charge on any atom is -0.493 e. The standard InChI is InChI=1S/C13H14N2O4.ClH/c1-18-11-4-2-3-10(13(16)17)12(11)19-8-7-15-6-5-14-9-15;/h2-6,9H,7-8H2,1H3,(H,16,17);1H. The molecule has 0 saturated carbocycles. The van der Waals surface area contributed by atoms with Gasteiger partial charge in [0.05, 0.1) is 20.0 Å². The maximum atomic E-state index is 11.1. The van der Waals surface area contributed by atoms with E-state index in [1.807, 2.05) is 10.8 Å². The summed E-state index contributed by atoms with van der Waals surface area (Å²) >= 11 is 0. The van der Waals surface area contributed by atoms with Crippen molar-refractivity contribution in [3.63, 3.8) is 0 Å². The molecule has 0 fully saturated rings. The van der Waals surface area contributed by atoms with E-state index >= 15 is 0 Å². The molecule has 1 aromatic heterocycles. The summed E-state index contributed by atoms with van der Waals surface area (Å²) in [5.41, 5.74) is 0.0879. The molecule has 0 atom stereocenters. The highest BCUT2D eigenvalue weighted by Gasteiger charge is 2.15. The first-order chi connectivity index (χ1) is 9.22. The summed E-state index contributed by atoms with van der Waals surface area (Å²) in [6.45, 7) is 0.911. The number of carboxylic acid groups (broad SMARTS) is 1. The highest BCUT2D eigenvalue weighted by molar-refractivity contribution is 5.92. The first-order valence-corrected chi connectivity index (χ1v) is 5.71. The number of benzene rings is 1. The van der Waals surface area contributed by atoms with E-state index in [9.17, 15) is 4.79 Å². The Labute approximate surface area is 122 Å². The molecule has 0 aliphatic carbocycles. The number of hydrogen-bond donors (Lipinski definition) is 1. The van der Waals surface area contributed by atoms with Crippen molar-refractivity contribution in [3.05, 3.63) is 42.5 Å². The molecular weight excluding hydrogens is 284 g/mol. The largest absolute Gasteiger partial charge is 0.493 e. The molecule has 7 heteroatoms. The fourth-order valence-electron chi connectivity index (χ4n) is 1.67. The van der Waals surface area contributed by atoms with Gasteiger partial charge in [0.2, 0.25) is 0 Å². The third kappa shape index (κ3) is 3.64. The summed E-state index contributed by atoms with van der Waals surface area (Å²) in [5.74, 6) is -0.389. The lowest BCUT2D eigenvalue weighted by molar-refractivity contribution is 0.0691. The highest BCUT2D eigenvalue weighted by atomic mass is 35.5. The van der Waals surface area contributed by atoms with E-state index < -0.39 is 5.97 Å². The van der Waals surface area contributed by atoms with Gasteiger partial charge in [-0.15, -0.1) is 12.4 Å². The number of methoxy groups -OCH3 is 1. The van der Waals surface area contributed by atoms with Gasteiger partial charge in [-0.05, 0) is 12.1 Å². The Bertz CT molecular complexity index is 558. The molecule has 2 rings (SSSR count). The molecule has 2 aromatic rings. The van der Waals surface area contributed by atoms with Gasteiger partial charge in [-0.3, -0.25) is 0 Å². The molecule has 0 spiro atoms. The molecule has 0 radical (unpaired) electrons. The van der Waals surface area contributed by atoms with Gasteiger partial charge in [0.15, 0.2) is 11.5 Å². The first kappa shape index (κ1) is 15.8. The predicted octanol–water partition coefficient (Wildman–Crippen LogP) is 2.09. The Balaban J connectivity index is 0.00000200. The molecule has 6 nitrogen and oxygen atoms in total. The number of para-hydroxylation sites is 1. The van der Waals surface area contributed by atoms with Crippen LogP contribution in [-0.2, 0) is 6.54 Å². The van der Waals surface area contributed by atoms with Crippen LogP contribution in [0.1, 0.15) is 10.4 Å². The van der Waals surface area contributed by atoms with Gasteiger partial charge in [-0.1, -0.05) is 6.07 Å². The number of carboxylic acids is 1. The number of imidazole rings is 1. The van der Waals surface area contributed by atoms with E-state index in [1.165, 1.54) is 13.2 Å². The summed E-state index contributed by atoms with van der Waals surface area (Å²) < 4.78 is 12.5. The molecule has 0 amide bonds. The molecule has 0 saturated heterocycles. The zero-order valence-corrected chi connectivity index (χ0v) is 11.7. The molecule has 1 heterocycles. The van der Waals surface area contributed by atoms with Gasteiger partial charge < -0.3 is 19.1 Å². The normalized spacial score (nSPS) is 9.65. The monoisotopic (exact) mass is 298 g/mol. The van der Waals surface area contributed by atoms with Gasteiger partial charge in [0.1, 0.15) is 12.2 Å². The van der Waals surface area contributed by atoms with E-state index in [-0.39, 0.29) is 23.7 Å². The Morgan fingerprint density at radius 1 is 1.45 bits per heavy atom. The lowest BCUT2D eigenvalue weighted by Crippen LogP contribution is -2.10. The zero-order chi connectivity index (χ0) is 13.7. The van der Waals surface area contributed by atoms with Gasteiger partial charge in [0.25, 0.3) is 0 Å². The van der Waals surface area contributed by atoms with Gasteiger partial charge in [-0.2, -0.15) is 0 Å². The number of ether oxygens (including phenoxy) is 2. The summed E-state index contributed by atoms with van der Waals surface area (Å²) in [6, 6.07) is 4.77. The van der Waals surface area contributed by atoms with Crippen LogP contribution in [0.5, 0.6) is 11.5 Å². The Morgan fingerprint density at radius 3 is 2.85 bits per heavy atom. The van der Waals surface area contributed by atoms with Crippen molar-refractivity contribution < 1.29 is 19.4 Å². The lowest BCUT2D eigenvalue weighted by Gasteiger charge is -2.13. The van der Waals surface area contributed by atoms with Crippen molar-refractivity contribution in [3.8, 4) is 11.5 Å². The number of aromatic nitrogens is 2. The number of hydrogen-bond acceptors (Lipinski definition) is 4. The molecule has 1 aromatic carbocycles. The van der Waals surface area contributed by atoms with Crippen molar-refractivity contribution in [1.82, 2.24) is 9.55 Å². The van der Waals surface area contributed by atoms with Crippen LogP contribution in [0.4, 0.5) is 0 Å². The Kier molecular flexibility index (Phi) is 5.86. The van der Waals surface area contributed by atoms with E-state index in [2.05, 4.69) is 4.98 Å². The van der Waals surface area contributed by atoms with Crippen molar-refractivity contribution in [2.45, 2.75) is 6.54 Å². The number of rotatable bonds is 6. The Morgan fingerprint density at radius 2 is 2.25 bits per heavy atom. The molecular formula is C13H15ClN2O4. The molecule has 108 valence electrons. The lowest BCUT2D eigenvalue weighted by atomic mass is 10.2. The van der Waals surface area contributed by atoms with Crippen LogP contribution in [0, 0.1) is 0 Å². The average Bonchev–Trinajstić information content (AvgIpc) is 2.91. The molecule has 0 bridgehead atoms. The van der Waals surface area contributed by atoms with Crippen LogP contribution in [-0.4, -0.2) is 34.3 Å². The van der Waals surface area contributed by atoms with Crippen molar-refractivity contribution in [2.75, 3.05) is 13.7 Å². The second-order valence-corrected chi connectivity index (χ2v) is 3.79. The maximum Gasteiger partial charge on any atom is 0.339 e. The van der Waals surface area contributed by atoms with Crippen molar-refractivity contribution >= 4 is 18.4 Å². The molecule has 20 heavy (non-hydrogen) atoms. The smallest absolute Gasteiger partial charge is 0.339 e. The SMILES string of the molecule is COc1cccc(C(=O)O)c1OCCn1ccnc1.Cl. The summed E-state index contributed by atoms with van der Waals surface area (Å²) in [7, 11) is 1.48. The summed E-state index contributed by atoms with van der Waals surface area (Å²) in [5, 5.41) is 9.12. The number of halogens is 1.